The molecule has 304 valence electrons. The normalized spacial score (nSPS) is 12.3. The number of rotatable bonds is 6. The van der Waals surface area contributed by atoms with Crippen molar-refractivity contribution < 1.29 is 30.4 Å². The summed E-state index contributed by atoms with van der Waals surface area (Å²) >= 11 is 0. The van der Waals surface area contributed by atoms with E-state index in [0.717, 1.165) is 55.5 Å². The first-order chi connectivity index (χ1) is 28.1. The zero-order chi connectivity index (χ0) is 41.3. The molecule has 60 heavy (non-hydrogen) atoms. The summed E-state index contributed by atoms with van der Waals surface area (Å²) in [5, 5.41) is 2.21. The summed E-state index contributed by atoms with van der Waals surface area (Å²) in [5.41, 5.74) is 10.8. The number of benzene rings is 5. The minimum Gasteiger partial charge on any atom is -0.522 e. The van der Waals surface area contributed by atoms with Gasteiger partial charge in [-0.15, -0.1) is 17.5 Å². The zero-order valence-electron chi connectivity index (χ0n) is 35.7. The molecular weight excluding hydrogens is 918 g/mol. The van der Waals surface area contributed by atoms with Gasteiger partial charge in [0.1, 0.15) is 5.82 Å². The predicted molar refractivity (Wildman–Crippen MR) is 239 cm³/mol. The Balaban J connectivity index is 0.00000499. The number of para-hydroxylation sites is 1. The van der Waals surface area contributed by atoms with Gasteiger partial charge in [0.25, 0.3) is 6.33 Å². The molecule has 0 atom stereocenters. The van der Waals surface area contributed by atoms with Crippen LogP contribution in [-0.2, 0) is 37.3 Å². The van der Waals surface area contributed by atoms with E-state index in [0.29, 0.717) is 17.3 Å². The molecule has 0 saturated heterocycles. The van der Waals surface area contributed by atoms with Gasteiger partial charge >= 0.3 is 0 Å². The summed E-state index contributed by atoms with van der Waals surface area (Å²) in [6.45, 7) is 20.3. The molecular formula is C53H49N5OPt-2. The molecule has 0 aliphatic carbocycles. The Morgan fingerprint density at radius 1 is 0.550 bits per heavy atom. The summed E-state index contributed by atoms with van der Waals surface area (Å²) in [4.78, 5) is 9.69. The summed E-state index contributed by atoms with van der Waals surface area (Å²) in [7, 11) is 0. The fourth-order valence-corrected chi connectivity index (χ4v) is 7.70. The molecule has 4 aromatic heterocycles. The second-order valence-corrected chi connectivity index (χ2v) is 18.6. The first-order valence-corrected chi connectivity index (χ1v) is 20.3. The zero-order valence-corrected chi connectivity index (χ0v) is 37.9. The van der Waals surface area contributed by atoms with E-state index in [2.05, 4.69) is 193 Å². The molecule has 7 heteroatoms. The Bertz CT molecular complexity index is 3000. The van der Waals surface area contributed by atoms with Crippen LogP contribution in [0.2, 0.25) is 0 Å². The first-order valence-electron chi connectivity index (χ1n) is 20.3. The average molecular weight is 967 g/mol. The second-order valence-electron chi connectivity index (χ2n) is 18.6. The predicted octanol–water partition coefficient (Wildman–Crippen LogP) is 12.5. The molecule has 0 aliphatic rings. The number of nitrogens with zero attached hydrogens (tertiary/aromatic N) is 5. The Hall–Kier alpha value is -5.84. The summed E-state index contributed by atoms with van der Waals surface area (Å²) in [6.07, 6.45) is 7.35. The molecule has 9 rings (SSSR count). The van der Waals surface area contributed by atoms with Crippen LogP contribution in [0.4, 0.5) is 0 Å². The molecule has 5 aromatic carbocycles. The van der Waals surface area contributed by atoms with Crippen LogP contribution in [0.15, 0.2) is 134 Å². The number of hydrogen-bond donors (Lipinski definition) is 0. The van der Waals surface area contributed by atoms with Crippen molar-refractivity contribution in [2.75, 3.05) is 0 Å². The smallest absolute Gasteiger partial charge is 0.269 e. The molecule has 0 spiro atoms. The Morgan fingerprint density at radius 2 is 1.22 bits per heavy atom. The molecule has 0 saturated carbocycles. The van der Waals surface area contributed by atoms with E-state index in [4.69, 9.17) is 14.7 Å². The van der Waals surface area contributed by atoms with Crippen molar-refractivity contribution in [2.24, 2.45) is 0 Å². The second kappa shape index (κ2) is 15.3. The van der Waals surface area contributed by atoms with Gasteiger partial charge in [0, 0.05) is 38.5 Å². The van der Waals surface area contributed by atoms with Gasteiger partial charge < -0.3 is 9.30 Å². The largest absolute Gasteiger partial charge is 0.522 e. The summed E-state index contributed by atoms with van der Waals surface area (Å²) in [6, 6.07) is 49.6. The van der Waals surface area contributed by atoms with E-state index in [1.54, 1.807) is 6.20 Å². The van der Waals surface area contributed by atoms with Crippen LogP contribution in [0, 0.1) is 18.5 Å². The van der Waals surface area contributed by atoms with E-state index in [1.807, 2.05) is 29.0 Å². The molecule has 0 bridgehead atoms. The van der Waals surface area contributed by atoms with Crippen molar-refractivity contribution in [3.63, 3.8) is 0 Å². The van der Waals surface area contributed by atoms with Crippen molar-refractivity contribution in [3.05, 3.63) is 169 Å². The molecule has 0 unspecified atom stereocenters. The van der Waals surface area contributed by atoms with Gasteiger partial charge in [0.2, 0.25) is 0 Å². The van der Waals surface area contributed by atoms with Gasteiger partial charge in [-0.3, -0.25) is 14.1 Å². The van der Waals surface area contributed by atoms with Gasteiger partial charge in [0.05, 0.1) is 22.5 Å². The van der Waals surface area contributed by atoms with Gasteiger partial charge in [-0.2, -0.15) is 18.2 Å². The molecule has 6 nitrogen and oxygen atoms in total. The Morgan fingerprint density at radius 3 is 1.93 bits per heavy atom. The van der Waals surface area contributed by atoms with Gasteiger partial charge in [-0.1, -0.05) is 141 Å². The third-order valence-electron chi connectivity index (χ3n) is 11.2. The third-order valence-corrected chi connectivity index (χ3v) is 11.2. The molecule has 0 fully saturated rings. The average Bonchev–Trinajstić information content (AvgIpc) is 3.76. The van der Waals surface area contributed by atoms with Crippen molar-refractivity contribution in [1.82, 2.24) is 19.1 Å². The summed E-state index contributed by atoms with van der Waals surface area (Å²) < 4.78 is 12.9. The van der Waals surface area contributed by atoms with Crippen LogP contribution in [0.25, 0.3) is 61.3 Å². The van der Waals surface area contributed by atoms with E-state index in [1.165, 1.54) is 16.7 Å². The van der Waals surface area contributed by atoms with Crippen LogP contribution in [0.5, 0.6) is 11.5 Å². The van der Waals surface area contributed by atoms with Crippen LogP contribution in [-0.4, -0.2) is 19.1 Å². The fraction of sp³-hybridized carbons (Fsp3) is 0.226. The number of aromatic nitrogens is 5. The first kappa shape index (κ1) is 40.9. The quantitative estimate of drug-likeness (QED) is 0.123. The minimum atomic E-state index is -0.0439. The summed E-state index contributed by atoms with van der Waals surface area (Å²) in [5.74, 6) is 2.50. The van der Waals surface area contributed by atoms with Crippen LogP contribution >= 0.6 is 0 Å². The molecule has 9 aromatic rings. The van der Waals surface area contributed by atoms with Crippen LogP contribution < -0.4 is 9.30 Å². The van der Waals surface area contributed by atoms with Crippen molar-refractivity contribution in [3.8, 4) is 39.9 Å². The number of fused-ring (bicyclic) bond motifs is 4. The molecule has 4 heterocycles. The topological polar surface area (TPSA) is 48.8 Å². The molecule has 0 amide bonds. The minimum absolute atomic E-state index is 0. The Kier molecular flexibility index (Phi) is 10.4. The maximum Gasteiger partial charge on any atom is 0.269 e. The number of imidazole rings is 1. The van der Waals surface area contributed by atoms with E-state index >= 15 is 0 Å². The van der Waals surface area contributed by atoms with Gasteiger partial charge in [-0.25, -0.2) is 4.98 Å². The maximum absolute atomic E-state index is 6.60. The van der Waals surface area contributed by atoms with Crippen molar-refractivity contribution in [2.45, 2.75) is 78.6 Å². The molecule has 0 aliphatic heterocycles. The fourth-order valence-electron chi connectivity index (χ4n) is 7.70. The SMILES string of the molecule is CC(C)(C)c1cc(-[n+]2[c-]n(-c3[c-]c(Oc4[c-]c5c(cc4)c4ccccc4n5-c4cc(C(C)(C)C)ccn4)ccn3)c3cc(-c4ccccc4)ccc32)cc(C(C)(C)C)c1.[Pt]. The monoisotopic (exact) mass is 966 g/mol. The third kappa shape index (κ3) is 7.70. The van der Waals surface area contributed by atoms with E-state index in [9.17, 15) is 0 Å². The van der Waals surface area contributed by atoms with E-state index in [-0.39, 0.29) is 37.3 Å². The van der Waals surface area contributed by atoms with Crippen molar-refractivity contribution in [1.29, 1.82) is 0 Å². The maximum atomic E-state index is 6.60. The standard InChI is InChI=1S/C53H49N5O.Pt/c1-51(2,3)37-23-25-55-50(31-37)58-45-18-14-13-17-43(45)44-21-20-41(32-47(44)58)59-42-24-26-54-49(33-42)57-34-56(40-29-38(52(4,5)6)28-39(30-40)53(7,8)9)46-22-19-36(27-48(46)57)35-15-11-10-12-16-35;/h10-31H,1-9H3;/q-2;. The van der Waals surface area contributed by atoms with E-state index < -0.39 is 0 Å². The van der Waals surface area contributed by atoms with Crippen LogP contribution in [0.1, 0.15) is 79.0 Å². The molecule has 0 N–H and O–H groups in total. The van der Waals surface area contributed by atoms with Crippen LogP contribution in [0.3, 0.4) is 0 Å². The van der Waals surface area contributed by atoms with Gasteiger partial charge in [0.15, 0.2) is 0 Å². The number of ether oxygens (including phenoxy) is 1. The van der Waals surface area contributed by atoms with Crippen molar-refractivity contribution >= 4 is 32.8 Å². The number of hydrogen-bond acceptors (Lipinski definition) is 3. The number of pyridine rings is 2. The Labute approximate surface area is 367 Å². The van der Waals surface area contributed by atoms with Gasteiger partial charge in [-0.05, 0) is 91.6 Å². The molecule has 0 radical (unpaired) electrons.